The largest absolute Gasteiger partial charge is 0.448 e. The lowest BCUT2D eigenvalue weighted by atomic mass is 10.3. The lowest BCUT2D eigenvalue weighted by Crippen LogP contribution is -2.07. The first-order chi connectivity index (χ1) is 9.31. The third-order valence-electron chi connectivity index (χ3n) is 2.22. The topological polar surface area (TPSA) is 85.0 Å². The van der Waals surface area contributed by atoms with Crippen molar-refractivity contribution in [1.82, 2.24) is 0 Å². The minimum Gasteiger partial charge on any atom is -0.448 e. The second kappa shape index (κ2) is 6.42. The number of carbonyl (C=O) groups is 1. The molecule has 1 atom stereocenters. The van der Waals surface area contributed by atoms with Crippen LogP contribution in [0.2, 0.25) is 0 Å². The molecule has 1 rings (SSSR count). The van der Waals surface area contributed by atoms with Gasteiger partial charge in [-0.2, -0.15) is 0 Å². The molecule has 7 nitrogen and oxygen atoms in total. The highest BCUT2D eigenvalue weighted by Crippen LogP contribution is 2.22. The fraction of sp³-hybridized carbons (Fsp3) is 0.364. The third kappa shape index (κ3) is 3.73. The Balaban J connectivity index is 3.24. The van der Waals surface area contributed by atoms with Gasteiger partial charge < -0.3 is 4.74 Å². The quantitative estimate of drug-likeness (QED) is 0.797. The van der Waals surface area contributed by atoms with E-state index in [1.54, 1.807) is 6.92 Å². The van der Waals surface area contributed by atoms with Crippen molar-refractivity contribution in [3.05, 3.63) is 28.9 Å². The van der Waals surface area contributed by atoms with Crippen molar-refractivity contribution in [2.45, 2.75) is 11.8 Å². The van der Waals surface area contributed by atoms with Crippen LogP contribution >= 0.6 is 0 Å². The van der Waals surface area contributed by atoms with E-state index in [-0.39, 0.29) is 22.1 Å². The summed E-state index contributed by atoms with van der Waals surface area (Å²) in [5.41, 5.74) is -0.111. The number of hydrogen-bond acceptors (Lipinski definition) is 5. The SMILES string of the molecule is CCOC(=O)N=S(C)(=O)c1ccc([N+](=O)OC)cc1F. The van der Waals surface area contributed by atoms with E-state index in [0.717, 1.165) is 25.5 Å². The summed E-state index contributed by atoms with van der Waals surface area (Å²) in [6, 6.07) is 3.16. The normalized spacial score (nSPS) is 13.2. The monoisotopic (exact) mass is 305 g/mol. The number of rotatable bonds is 4. The van der Waals surface area contributed by atoms with Crippen LogP contribution in [0, 0.1) is 10.7 Å². The second-order valence-electron chi connectivity index (χ2n) is 3.65. The number of nitrogens with zero attached hydrogens (tertiary/aromatic N) is 2. The summed E-state index contributed by atoms with van der Waals surface area (Å²) in [5, 5.41) is 0. The van der Waals surface area contributed by atoms with E-state index in [1.807, 2.05) is 0 Å². The van der Waals surface area contributed by atoms with E-state index in [2.05, 4.69) is 13.9 Å². The van der Waals surface area contributed by atoms with Crippen LogP contribution < -0.4 is 0 Å². The van der Waals surface area contributed by atoms with Gasteiger partial charge >= 0.3 is 11.8 Å². The molecule has 0 saturated heterocycles. The fourth-order valence-corrected chi connectivity index (χ4v) is 2.53. The summed E-state index contributed by atoms with van der Waals surface area (Å²) >= 11 is 0. The predicted molar refractivity (Wildman–Crippen MR) is 68.5 cm³/mol. The Hall–Kier alpha value is -2.03. The summed E-state index contributed by atoms with van der Waals surface area (Å²) < 4.78 is 33.9. The molecule has 0 aromatic heterocycles. The number of hydrogen-bond donors (Lipinski definition) is 0. The maximum atomic E-state index is 13.9. The van der Waals surface area contributed by atoms with Gasteiger partial charge in [0.05, 0.1) is 32.2 Å². The van der Waals surface area contributed by atoms with Crippen LogP contribution in [0.15, 0.2) is 27.5 Å². The molecule has 1 aromatic carbocycles. The van der Waals surface area contributed by atoms with Gasteiger partial charge in [-0.25, -0.2) is 18.2 Å². The van der Waals surface area contributed by atoms with Crippen molar-refractivity contribution in [2.24, 2.45) is 4.36 Å². The maximum Gasteiger partial charge on any atom is 0.442 e. The first-order valence-corrected chi connectivity index (χ1v) is 7.44. The van der Waals surface area contributed by atoms with Crippen molar-refractivity contribution in [1.29, 1.82) is 0 Å². The highest BCUT2D eigenvalue weighted by molar-refractivity contribution is 7.93. The highest BCUT2D eigenvalue weighted by Gasteiger charge is 2.21. The standard InChI is InChI=1S/C11H14FN2O5S/c1-4-19-11(15)13-20(3,17)10-6-5-8(7-9(10)12)14(16)18-2/h5-7H,4H2,1-3H3/q+1. The van der Waals surface area contributed by atoms with Gasteiger partial charge in [0.1, 0.15) is 5.82 Å². The Morgan fingerprint density at radius 3 is 2.65 bits per heavy atom. The van der Waals surface area contributed by atoms with Crippen molar-refractivity contribution in [2.75, 3.05) is 20.0 Å². The van der Waals surface area contributed by atoms with Crippen LogP contribution in [0.1, 0.15) is 6.92 Å². The lowest BCUT2D eigenvalue weighted by Gasteiger charge is -2.05. The van der Waals surface area contributed by atoms with Gasteiger partial charge in [-0.1, -0.05) is 0 Å². The molecule has 1 aromatic rings. The molecule has 0 bridgehead atoms. The van der Waals surface area contributed by atoms with Crippen LogP contribution in [-0.2, 0) is 19.3 Å². The molecule has 0 aliphatic heterocycles. The molecule has 0 spiro atoms. The van der Waals surface area contributed by atoms with Crippen LogP contribution in [-0.4, -0.2) is 35.2 Å². The Kier molecular flexibility index (Phi) is 5.14. The first-order valence-electron chi connectivity index (χ1n) is 5.51. The van der Waals surface area contributed by atoms with Crippen molar-refractivity contribution >= 4 is 21.5 Å². The van der Waals surface area contributed by atoms with Crippen LogP contribution in [0.25, 0.3) is 0 Å². The Morgan fingerprint density at radius 2 is 2.15 bits per heavy atom. The van der Waals surface area contributed by atoms with Gasteiger partial charge in [0.2, 0.25) is 0 Å². The molecule has 0 saturated carbocycles. The molecule has 1 unspecified atom stereocenters. The number of amides is 1. The minimum absolute atomic E-state index is 0.0677. The lowest BCUT2D eigenvalue weighted by molar-refractivity contribution is -0.736. The van der Waals surface area contributed by atoms with Crippen molar-refractivity contribution in [3.63, 3.8) is 0 Å². The Bertz CT molecular complexity index is 652. The van der Waals surface area contributed by atoms with E-state index >= 15 is 0 Å². The Morgan fingerprint density at radius 1 is 1.50 bits per heavy atom. The molecule has 110 valence electrons. The van der Waals surface area contributed by atoms with Gasteiger partial charge in [0.25, 0.3) is 4.92 Å². The molecule has 9 heteroatoms. The smallest absolute Gasteiger partial charge is 0.442 e. The molecule has 0 N–H and O–H groups in total. The number of benzene rings is 1. The minimum atomic E-state index is -3.30. The zero-order chi connectivity index (χ0) is 15.3. The van der Waals surface area contributed by atoms with E-state index in [9.17, 15) is 18.3 Å². The molecule has 0 fully saturated rings. The highest BCUT2D eigenvalue weighted by atomic mass is 32.2. The predicted octanol–water partition coefficient (Wildman–Crippen LogP) is 2.41. The Labute approximate surface area is 115 Å². The van der Waals surface area contributed by atoms with E-state index in [1.165, 1.54) is 6.07 Å². The van der Waals surface area contributed by atoms with Gasteiger partial charge in [0.15, 0.2) is 7.11 Å². The summed E-state index contributed by atoms with van der Waals surface area (Å²) in [7, 11) is -2.17. The molecular formula is C11H14FN2O5S+. The average molecular weight is 305 g/mol. The molecule has 20 heavy (non-hydrogen) atoms. The number of carbonyl (C=O) groups excluding carboxylic acids is 1. The second-order valence-corrected chi connectivity index (χ2v) is 5.87. The van der Waals surface area contributed by atoms with Crippen LogP contribution in [0.4, 0.5) is 14.9 Å². The van der Waals surface area contributed by atoms with Crippen LogP contribution in [0.5, 0.6) is 0 Å². The molecule has 1 amide bonds. The zero-order valence-corrected chi connectivity index (χ0v) is 12.0. The maximum absolute atomic E-state index is 13.9. The van der Waals surface area contributed by atoms with Crippen LogP contribution in [0.3, 0.4) is 0 Å². The molecule has 0 heterocycles. The fourth-order valence-electron chi connectivity index (χ4n) is 1.36. The summed E-state index contributed by atoms with van der Waals surface area (Å²) in [6.07, 6.45) is 0.0682. The first kappa shape index (κ1) is 16.0. The van der Waals surface area contributed by atoms with E-state index in [0.29, 0.717) is 0 Å². The summed E-state index contributed by atoms with van der Waals surface area (Å²) in [5.74, 6) is -0.930. The van der Waals surface area contributed by atoms with Gasteiger partial charge in [0, 0.05) is 12.3 Å². The average Bonchev–Trinajstić information content (AvgIpc) is 2.36. The van der Waals surface area contributed by atoms with Gasteiger partial charge in [-0.05, 0) is 13.0 Å². The van der Waals surface area contributed by atoms with Crippen molar-refractivity contribution in [3.8, 4) is 0 Å². The van der Waals surface area contributed by atoms with Gasteiger partial charge in [-0.15, -0.1) is 4.36 Å². The molecule has 0 radical (unpaired) electrons. The zero-order valence-electron chi connectivity index (χ0n) is 11.2. The molecule has 0 aliphatic carbocycles. The molecule has 0 aliphatic rings. The summed E-state index contributed by atoms with van der Waals surface area (Å²) in [4.78, 5) is 26.5. The third-order valence-corrected chi connectivity index (χ3v) is 3.86. The van der Waals surface area contributed by atoms with Crippen molar-refractivity contribution < 1.29 is 27.9 Å². The van der Waals surface area contributed by atoms with E-state index in [4.69, 9.17) is 0 Å². The van der Waals surface area contributed by atoms with Gasteiger partial charge in [-0.3, -0.25) is 0 Å². The number of halogens is 1. The molecular weight excluding hydrogens is 291 g/mol. The number of ether oxygens (including phenoxy) is 1. The summed E-state index contributed by atoms with van der Waals surface area (Å²) in [6.45, 7) is 1.63. The van der Waals surface area contributed by atoms with E-state index < -0.39 is 21.6 Å².